The van der Waals surface area contributed by atoms with E-state index in [9.17, 15) is 4.79 Å². The molecule has 0 aromatic heterocycles. The molecule has 0 aliphatic carbocycles. The summed E-state index contributed by atoms with van der Waals surface area (Å²) in [7, 11) is 1.67. The minimum atomic E-state index is 0.173. The number of methoxy groups -OCH3 is 1. The highest BCUT2D eigenvalue weighted by molar-refractivity contribution is 5.97. The van der Waals surface area contributed by atoms with Crippen molar-refractivity contribution in [1.29, 1.82) is 0 Å². The number of fused-ring (bicyclic) bond motifs is 3. The van der Waals surface area contributed by atoms with Crippen molar-refractivity contribution < 1.29 is 9.53 Å². The predicted molar refractivity (Wildman–Crippen MR) is 65.5 cm³/mol. The number of piperazine rings is 1. The molecule has 0 spiro atoms. The van der Waals surface area contributed by atoms with Gasteiger partial charge in [0.05, 0.1) is 13.7 Å². The second-order valence-electron chi connectivity index (χ2n) is 4.58. The number of benzene rings is 1. The first-order valence-electron chi connectivity index (χ1n) is 5.99. The number of nitrogens with one attached hydrogen (secondary N) is 1. The second kappa shape index (κ2) is 4.04. The van der Waals surface area contributed by atoms with Crippen LogP contribution in [0.15, 0.2) is 18.2 Å². The van der Waals surface area contributed by atoms with E-state index in [1.807, 2.05) is 23.1 Å². The van der Waals surface area contributed by atoms with Gasteiger partial charge < -0.3 is 15.0 Å². The third-order valence-electron chi connectivity index (χ3n) is 3.58. The van der Waals surface area contributed by atoms with E-state index in [0.29, 0.717) is 12.6 Å². The summed E-state index contributed by atoms with van der Waals surface area (Å²) < 4.78 is 5.23. The fourth-order valence-electron chi connectivity index (χ4n) is 2.73. The lowest BCUT2D eigenvalue weighted by atomic mass is 9.94. The Hall–Kier alpha value is -1.55. The molecule has 1 fully saturated rings. The molecule has 1 unspecified atom stereocenters. The maximum Gasteiger partial charge on any atom is 0.241 e. The van der Waals surface area contributed by atoms with Gasteiger partial charge in [0.25, 0.3) is 0 Å². The van der Waals surface area contributed by atoms with Crippen LogP contribution in [0.1, 0.15) is 12.0 Å². The molecule has 17 heavy (non-hydrogen) atoms. The average molecular weight is 232 g/mol. The van der Waals surface area contributed by atoms with Gasteiger partial charge in [-0.15, -0.1) is 0 Å². The van der Waals surface area contributed by atoms with Crippen molar-refractivity contribution in [3.63, 3.8) is 0 Å². The first kappa shape index (κ1) is 10.6. The molecule has 2 heterocycles. The Morgan fingerprint density at radius 2 is 2.35 bits per heavy atom. The van der Waals surface area contributed by atoms with Gasteiger partial charge in [-0.1, -0.05) is 0 Å². The fourth-order valence-corrected chi connectivity index (χ4v) is 2.73. The Kier molecular flexibility index (Phi) is 2.52. The summed E-state index contributed by atoms with van der Waals surface area (Å²) in [6.07, 6.45) is 2.04. The van der Waals surface area contributed by atoms with Crippen LogP contribution >= 0.6 is 0 Å². The van der Waals surface area contributed by atoms with E-state index in [1.165, 1.54) is 5.56 Å². The average Bonchev–Trinajstić information content (AvgIpc) is 2.38. The Balaban J connectivity index is 2.02. The SMILES string of the molecule is COc1ccc2c(c1)CCC1CNCC(=O)N21. The van der Waals surface area contributed by atoms with Crippen LogP contribution in [0, 0.1) is 0 Å². The topological polar surface area (TPSA) is 41.6 Å². The van der Waals surface area contributed by atoms with Crippen molar-refractivity contribution in [2.75, 3.05) is 25.1 Å². The number of nitrogens with zero attached hydrogens (tertiary/aromatic N) is 1. The van der Waals surface area contributed by atoms with Crippen molar-refractivity contribution in [2.24, 2.45) is 0 Å². The zero-order valence-corrected chi connectivity index (χ0v) is 9.90. The van der Waals surface area contributed by atoms with Crippen LogP contribution in [-0.4, -0.2) is 32.1 Å². The predicted octanol–water partition coefficient (Wildman–Crippen LogP) is 0.946. The highest BCUT2D eigenvalue weighted by Gasteiger charge is 2.33. The van der Waals surface area contributed by atoms with Crippen molar-refractivity contribution in [3.8, 4) is 5.75 Å². The molecule has 1 aromatic carbocycles. The molecule has 3 rings (SSSR count). The van der Waals surface area contributed by atoms with E-state index in [4.69, 9.17) is 4.74 Å². The molecule has 0 radical (unpaired) electrons. The fraction of sp³-hybridized carbons (Fsp3) is 0.462. The third kappa shape index (κ3) is 1.69. The number of hydrogen-bond acceptors (Lipinski definition) is 3. The molecule has 4 heteroatoms. The lowest BCUT2D eigenvalue weighted by Crippen LogP contribution is -2.56. The zero-order valence-electron chi connectivity index (χ0n) is 9.90. The molecule has 4 nitrogen and oxygen atoms in total. The molecule has 1 saturated heterocycles. The first-order chi connectivity index (χ1) is 8.29. The Labute approximate surface area is 101 Å². The van der Waals surface area contributed by atoms with Gasteiger partial charge in [-0.3, -0.25) is 4.79 Å². The number of ether oxygens (including phenoxy) is 1. The van der Waals surface area contributed by atoms with E-state index in [0.717, 1.165) is 30.8 Å². The molecule has 1 amide bonds. The molecule has 1 aromatic rings. The van der Waals surface area contributed by atoms with Gasteiger partial charge in [0.15, 0.2) is 0 Å². The van der Waals surface area contributed by atoms with Gasteiger partial charge in [-0.05, 0) is 36.6 Å². The first-order valence-corrected chi connectivity index (χ1v) is 5.99. The number of hydrogen-bond donors (Lipinski definition) is 1. The molecule has 1 atom stereocenters. The summed E-state index contributed by atoms with van der Waals surface area (Å²) in [6.45, 7) is 1.35. The van der Waals surface area contributed by atoms with Gasteiger partial charge in [-0.2, -0.15) is 0 Å². The van der Waals surface area contributed by atoms with Crippen molar-refractivity contribution >= 4 is 11.6 Å². The molecule has 2 aliphatic heterocycles. The van der Waals surface area contributed by atoms with Crippen LogP contribution in [0.5, 0.6) is 5.75 Å². The quantitative estimate of drug-likeness (QED) is 0.783. The van der Waals surface area contributed by atoms with Crippen molar-refractivity contribution in [2.45, 2.75) is 18.9 Å². The maximum atomic E-state index is 12.0. The van der Waals surface area contributed by atoms with Crippen LogP contribution in [0.2, 0.25) is 0 Å². The van der Waals surface area contributed by atoms with E-state index < -0.39 is 0 Å². The van der Waals surface area contributed by atoms with Gasteiger partial charge in [0.2, 0.25) is 5.91 Å². The lowest BCUT2D eigenvalue weighted by molar-refractivity contribution is -0.119. The van der Waals surface area contributed by atoms with E-state index in [-0.39, 0.29) is 5.91 Å². The highest BCUT2D eigenvalue weighted by atomic mass is 16.5. The number of rotatable bonds is 1. The standard InChI is InChI=1S/C13H16N2O2/c1-17-11-4-5-12-9(6-11)2-3-10-7-14-8-13(16)15(10)12/h4-6,10,14H,2-3,7-8H2,1H3. The van der Waals surface area contributed by atoms with Crippen LogP contribution in [0.3, 0.4) is 0 Å². The number of anilines is 1. The van der Waals surface area contributed by atoms with E-state index in [1.54, 1.807) is 7.11 Å². The lowest BCUT2D eigenvalue weighted by Gasteiger charge is -2.40. The normalized spacial score (nSPS) is 23.0. The maximum absolute atomic E-state index is 12.0. The minimum Gasteiger partial charge on any atom is -0.497 e. The Morgan fingerprint density at radius 1 is 1.47 bits per heavy atom. The van der Waals surface area contributed by atoms with Crippen molar-refractivity contribution in [3.05, 3.63) is 23.8 Å². The summed E-state index contributed by atoms with van der Waals surface area (Å²) >= 11 is 0. The second-order valence-corrected chi connectivity index (χ2v) is 4.58. The Bertz CT molecular complexity index is 459. The molecular formula is C13H16N2O2. The molecule has 0 saturated carbocycles. The molecular weight excluding hydrogens is 216 g/mol. The minimum absolute atomic E-state index is 0.173. The van der Waals surface area contributed by atoms with Gasteiger partial charge in [0, 0.05) is 18.3 Å². The van der Waals surface area contributed by atoms with Crippen LogP contribution in [0.4, 0.5) is 5.69 Å². The molecule has 90 valence electrons. The number of aryl methyl sites for hydroxylation is 1. The molecule has 0 bridgehead atoms. The molecule has 2 aliphatic rings. The smallest absolute Gasteiger partial charge is 0.241 e. The third-order valence-corrected chi connectivity index (χ3v) is 3.58. The highest BCUT2D eigenvalue weighted by Crippen LogP contribution is 2.34. The molecule has 1 N–H and O–H groups in total. The summed E-state index contributed by atoms with van der Waals surface area (Å²) in [5.74, 6) is 1.04. The number of carbonyl (C=O) groups excluding carboxylic acids is 1. The van der Waals surface area contributed by atoms with Gasteiger partial charge >= 0.3 is 0 Å². The largest absolute Gasteiger partial charge is 0.497 e. The summed E-state index contributed by atoms with van der Waals surface area (Å²) in [6, 6.07) is 6.29. The number of amides is 1. The van der Waals surface area contributed by atoms with Crippen LogP contribution in [-0.2, 0) is 11.2 Å². The monoisotopic (exact) mass is 232 g/mol. The summed E-state index contributed by atoms with van der Waals surface area (Å²) in [5.41, 5.74) is 2.28. The van der Waals surface area contributed by atoms with Crippen LogP contribution < -0.4 is 15.0 Å². The Morgan fingerprint density at radius 3 is 3.18 bits per heavy atom. The summed E-state index contributed by atoms with van der Waals surface area (Å²) in [4.78, 5) is 13.9. The van der Waals surface area contributed by atoms with Crippen LogP contribution in [0.25, 0.3) is 0 Å². The van der Waals surface area contributed by atoms with Crippen molar-refractivity contribution in [1.82, 2.24) is 5.32 Å². The van der Waals surface area contributed by atoms with E-state index in [2.05, 4.69) is 5.32 Å². The number of carbonyl (C=O) groups is 1. The zero-order chi connectivity index (χ0) is 11.8. The summed E-state index contributed by atoms with van der Waals surface area (Å²) in [5, 5.41) is 3.17. The van der Waals surface area contributed by atoms with Gasteiger partial charge in [0.1, 0.15) is 5.75 Å². The van der Waals surface area contributed by atoms with E-state index >= 15 is 0 Å². The van der Waals surface area contributed by atoms with Gasteiger partial charge in [-0.25, -0.2) is 0 Å².